The molecule has 1 heterocycles. The third kappa shape index (κ3) is 3.70. The molecule has 2 aromatic rings. The predicted molar refractivity (Wildman–Crippen MR) is 81.8 cm³/mol. The zero-order valence-electron chi connectivity index (χ0n) is 10.4. The fraction of sp³-hybridized carbons (Fsp3) is 0.333. The summed E-state index contributed by atoms with van der Waals surface area (Å²) in [6.45, 7) is -0.0990. The Morgan fingerprint density at radius 3 is 2.53 bits per heavy atom. The maximum atomic E-state index is 9.59. The van der Waals surface area contributed by atoms with E-state index in [1.165, 1.54) is 11.8 Å². The normalized spacial score (nSPS) is 14.3. The monoisotopic (exact) mass is 313 g/mol. The van der Waals surface area contributed by atoms with Crippen molar-refractivity contribution in [3.8, 4) is 0 Å². The lowest BCUT2D eigenvalue weighted by Crippen LogP contribution is -2.43. The number of rotatable bonds is 6. The first-order chi connectivity index (χ1) is 9.18. The van der Waals surface area contributed by atoms with Crippen LogP contribution < -0.4 is 5.73 Å². The van der Waals surface area contributed by atoms with E-state index in [0.29, 0.717) is 5.75 Å². The summed E-state index contributed by atoms with van der Waals surface area (Å²) in [7, 11) is 0. The van der Waals surface area contributed by atoms with Crippen LogP contribution in [0.25, 0.3) is 0 Å². The molecule has 1 atom stereocenters. The van der Waals surface area contributed by atoms with Gasteiger partial charge in [0.05, 0.1) is 12.1 Å². The van der Waals surface area contributed by atoms with Crippen molar-refractivity contribution in [3.05, 3.63) is 35.9 Å². The summed E-state index contributed by atoms with van der Waals surface area (Å²) in [4.78, 5) is 0. The smallest absolute Gasteiger partial charge is 0.175 e. The molecule has 1 aromatic carbocycles. The van der Waals surface area contributed by atoms with Crippen LogP contribution in [-0.4, -0.2) is 33.9 Å². The highest BCUT2D eigenvalue weighted by Crippen LogP contribution is 2.31. The van der Waals surface area contributed by atoms with Crippen molar-refractivity contribution in [1.29, 1.82) is 0 Å². The molecule has 0 fully saturated rings. The maximum Gasteiger partial charge on any atom is 0.175 e. The molecule has 0 saturated carbocycles. The van der Waals surface area contributed by atoms with E-state index in [-0.39, 0.29) is 6.61 Å². The van der Waals surface area contributed by atoms with Crippen molar-refractivity contribution in [1.82, 2.24) is 10.2 Å². The second-order valence-electron chi connectivity index (χ2n) is 4.01. The molecule has 0 aliphatic rings. The van der Waals surface area contributed by atoms with Crippen molar-refractivity contribution in [2.45, 2.75) is 14.2 Å². The maximum absolute atomic E-state index is 9.59. The topological polar surface area (TPSA) is 72.0 Å². The number of aromatic nitrogens is 2. The molecule has 0 bridgehead atoms. The molecule has 3 N–H and O–H groups in total. The van der Waals surface area contributed by atoms with Crippen LogP contribution in [0.4, 0.5) is 0 Å². The molecular weight excluding hydrogens is 298 g/mol. The quantitative estimate of drug-likeness (QED) is 0.797. The second-order valence-corrected chi connectivity index (χ2v) is 7.26. The minimum atomic E-state index is -0.753. The highest BCUT2D eigenvalue weighted by molar-refractivity contribution is 8.03. The van der Waals surface area contributed by atoms with E-state index in [4.69, 9.17) is 5.73 Å². The van der Waals surface area contributed by atoms with Gasteiger partial charge in [0.2, 0.25) is 0 Å². The first-order valence-electron chi connectivity index (χ1n) is 5.63. The number of aliphatic hydroxyl groups is 1. The molecular formula is C12H15N3OS3. The van der Waals surface area contributed by atoms with Crippen LogP contribution >= 0.6 is 34.9 Å². The molecule has 0 radical (unpaired) electrons. The molecule has 2 rings (SSSR count). The van der Waals surface area contributed by atoms with E-state index in [1.54, 1.807) is 23.1 Å². The second kappa shape index (κ2) is 6.71. The minimum Gasteiger partial charge on any atom is -0.394 e. The fourth-order valence-electron chi connectivity index (χ4n) is 1.52. The van der Waals surface area contributed by atoms with E-state index in [0.717, 1.165) is 14.2 Å². The van der Waals surface area contributed by atoms with Gasteiger partial charge in [-0.3, -0.25) is 0 Å². The van der Waals surface area contributed by atoms with E-state index >= 15 is 0 Å². The average molecular weight is 313 g/mol. The first-order valence-corrected chi connectivity index (χ1v) is 8.66. The minimum absolute atomic E-state index is 0.0990. The summed E-state index contributed by atoms with van der Waals surface area (Å²) < 4.78 is 1.82. The number of benzene rings is 1. The summed E-state index contributed by atoms with van der Waals surface area (Å²) >= 11 is 4.65. The molecule has 0 aliphatic carbocycles. The molecule has 19 heavy (non-hydrogen) atoms. The van der Waals surface area contributed by atoms with Crippen LogP contribution in [0.3, 0.4) is 0 Å². The molecule has 4 nitrogen and oxygen atoms in total. The Hall–Kier alpha value is -0.600. The molecule has 0 saturated heterocycles. The summed E-state index contributed by atoms with van der Waals surface area (Å²) in [6.07, 6.45) is 1.97. The number of hydrogen-bond acceptors (Lipinski definition) is 7. The molecule has 0 aliphatic heterocycles. The van der Waals surface area contributed by atoms with Crippen molar-refractivity contribution in [3.63, 3.8) is 0 Å². The Kier molecular flexibility index (Phi) is 5.23. The summed E-state index contributed by atoms with van der Waals surface area (Å²) in [5.41, 5.74) is 6.46. The molecule has 0 spiro atoms. The van der Waals surface area contributed by atoms with Crippen LogP contribution in [0.15, 0.2) is 39.0 Å². The van der Waals surface area contributed by atoms with Crippen molar-refractivity contribution >= 4 is 34.9 Å². The highest BCUT2D eigenvalue weighted by Gasteiger charge is 2.27. The van der Waals surface area contributed by atoms with Gasteiger partial charge in [-0.25, -0.2) is 0 Å². The summed E-state index contributed by atoms with van der Waals surface area (Å²) in [5, 5.41) is 17.7. The third-order valence-corrected chi connectivity index (χ3v) is 5.93. The van der Waals surface area contributed by atoms with Gasteiger partial charge in [0.25, 0.3) is 0 Å². The average Bonchev–Trinajstić information content (AvgIpc) is 2.94. The van der Waals surface area contributed by atoms with Gasteiger partial charge >= 0.3 is 0 Å². The zero-order chi connectivity index (χ0) is 13.7. The molecule has 1 aromatic heterocycles. The number of hydrogen-bond donors (Lipinski definition) is 2. The number of nitrogens with two attached hydrogens (primary N) is 1. The van der Waals surface area contributed by atoms with Crippen LogP contribution in [0.1, 0.15) is 5.56 Å². The summed E-state index contributed by atoms with van der Waals surface area (Å²) in [6, 6.07) is 9.65. The standard InChI is InChI=1S/C12H15N3OS3/c1-17-10-14-15-11(19-10)18-8-12(13,7-16)9-5-3-2-4-6-9/h2-6,16H,7-8,13H2,1H3. The lowest BCUT2D eigenvalue weighted by molar-refractivity contribution is 0.213. The van der Waals surface area contributed by atoms with Gasteiger partial charge in [0, 0.05) is 5.75 Å². The fourth-order valence-corrected chi connectivity index (χ4v) is 4.07. The van der Waals surface area contributed by atoms with E-state index < -0.39 is 5.54 Å². The largest absolute Gasteiger partial charge is 0.394 e. The Morgan fingerprint density at radius 1 is 1.26 bits per heavy atom. The SMILES string of the molecule is CSc1nnc(SCC(N)(CO)c2ccccc2)s1. The lowest BCUT2D eigenvalue weighted by Gasteiger charge is -2.26. The number of nitrogens with zero attached hydrogens (tertiary/aromatic N) is 2. The zero-order valence-corrected chi connectivity index (χ0v) is 12.9. The van der Waals surface area contributed by atoms with Gasteiger partial charge in [-0.2, -0.15) is 0 Å². The van der Waals surface area contributed by atoms with E-state index in [9.17, 15) is 5.11 Å². The molecule has 102 valence electrons. The molecule has 0 amide bonds. The molecule has 1 unspecified atom stereocenters. The van der Waals surface area contributed by atoms with Crippen LogP contribution in [0.2, 0.25) is 0 Å². The Morgan fingerprint density at radius 2 is 1.95 bits per heavy atom. The highest BCUT2D eigenvalue weighted by atomic mass is 32.2. The van der Waals surface area contributed by atoms with Crippen LogP contribution in [0, 0.1) is 0 Å². The number of thioether (sulfide) groups is 2. The van der Waals surface area contributed by atoms with Crippen LogP contribution in [0.5, 0.6) is 0 Å². The van der Waals surface area contributed by atoms with E-state index in [1.807, 2.05) is 36.6 Å². The van der Waals surface area contributed by atoms with E-state index in [2.05, 4.69) is 10.2 Å². The Bertz CT molecular complexity index is 520. The predicted octanol–water partition coefficient (Wildman–Crippen LogP) is 2.20. The van der Waals surface area contributed by atoms with Crippen molar-refractivity contribution in [2.75, 3.05) is 18.6 Å². The number of aliphatic hydroxyl groups excluding tert-OH is 1. The van der Waals surface area contributed by atoms with Gasteiger partial charge in [-0.05, 0) is 11.8 Å². The Labute approximate surface area is 124 Å². The first kappa shape index (κ1) is 14.8. The van der Waals surface area contributed by atoms with Crippen molar-refractivity contribution < 1.29 is 5.11 Å². The van der Waals surface area contributed by atoms with Gasteiger partial charge in [0.15, 0.2) is 8.68 Å². The Balaban J connectivity index is 2.06. The lowest BCUT2D eigenvalue weighted by atomic mass is 9.94. The van der Waals surface area contributed by atoms with Gasteiger partial charge < -0.3 is 10.8 Å². The molecule has 7 heteroatoms. The third-order valence-electron chi connectivity index (χ3n) is 2.65. The summed E-state index contributed by atoms with van der Waals surface area (Å²) in [5.74, 6) is 0.566. The van der Waals surface area contributed by atoms with Gasteiger partial charge in [-0.15, -0.1) is 10.2 Å². The van der Waals surface area contributed by atoms with Gasteiger partial charge in [0.1, 0.15) is 0 Å². The van der Waals surface area contributed by atoms with Crippen LogP contribution in [-0.2, 0) is 5.54 Å². The van der Waals surface area contributed by atoms with Gasteiger partial charge in [-0.1, -0.05) is 65.2 Å². The van der Waals surface area contributed by atoms with Crippen molar-refractivity contribution in [2.24, 2.45) is 5.73 Å².